The Morgan fingerprint density at radius 3 is 2.28 bits per heavy atom. The largest absolute Gasteiger partial charge is 0.416 e. The molecule has 6 heteroatoms. The number of halogens is 4. The van der Waals surface area contributed by atoms with E-state index in [1.807, 2.05) is 0 Å². The molecule has 0 aromatic heterocycles. The highest BCUT2D eigenvalue weighted by atomic mass is 35.5. The van der Waals surface area contributed by atoms with Crippen molar-refractivity contribution in [3.63, 3.8) is 0 Å². The normalized spacial score (nSPS) is 14.4. The van der Waals surface area contributed by atoms with Crippen molar-refractivity contribution in [1.29, 1.82) is 0 Å². The summed E-state index contributed by atoms with van der Waals surface area (Å²) in [5.41, 5.74) is -1.70. The van der Waals surface area contributed by atoms with Crippen LogP contribution in [-0.2, 0) is 6.18 Å². The average Bonchev–Trinajstić information content (AvgIpc) is 2.18. The number of alkyl halides is 3. The van der Waals surface area contributed by atoms with E-state index in [2.05, 4.69) is 5.32 Å². The maximum absolute atomic E-state index is 12.6. The van der Waals surface area contributed by atoms with Crippen LogP contribution in [0, 0.1) is 0 Å². The lowest BCUT2D eigenvalue weighted by Gasteiger charge is -2.28. The van der Waals surface area contributed by atoms with E-state index in [1.165, 1.54) is 6.07 Å². The zero-order chi connectivity index (χ0) is 14.1. The summed E-state index contributed by atoms with van der Waals surface area (Å²) in [5, 5.41) is 12.7. The van der Waals surface area contributed by atoms with Crippen LogP contribution in [0.3, 0.4) is 0 Å². The minimum Gasteiger partial charge on any atom is -0.388 e. The van der Waals surface area contributed by atoms with Crippen molar-refractivity contribution in [2.75, 3.05) is 5.32 Å². The highest BCUT2D eigenvalue weighted by molar-refractivity contribution is 6.33. The zero-order valence-corrected chi connectivity index (χ0v) is 11.0. The predicted octanol–water partition coefficient (Wildman–Crippen LogP) is 3.93. The highest BCUT2D eigenvalue weighted by Gasteiger charge is 2.31. The third-order valence-corrected chi connectivity index (χ3v) is 3.05. The number of anilines is 1. The molecule has 0 amide bonds. The Kier molecular flexibility index (Phi) is 4.18. The Morgan fingerprint density at radius 2 is 1.83 bits per heavy atom. The van der Waals surface area contributed by atoms with Gasteiger partial charge in [-0.15, -0.1) is 0 Å². The predicted molar refractivity (Wildman–Crippen MR) is 65.8 cm³/mol. The summed E-state index contributed by atoms with van der Waals surface area (Å²) in [6.45, 7) is 4.79. The van der Waals surface area contributed by atoms with Crippen molar-refractivity contribution < 1.29 is 18.3 Å². The first-order chi connectivity index (χ1) is 8.01. The molecule has 1 unspecified atom stereocenters. The summed E-state index contributed by atoms with van der Waals surface area (Å²) in [5.74, 6) is 0. The van der Waals surface area contributed by atoms with Crippen LogP contribution in [0.5, 0.6) is 0 Å². The van der Waals surface area contributed by atoms with Gasteiger partial charge in [0.05, 0.1) is 27.9 Å². The molecule has 0 spiro atoms. The quantitative estimate of drug-likeness (QED) is 0.880. The summed E-state index contributed by atoms with van der Waals surface area (Å²) in [6, 6.07) is 2.59. The molecule has 0 saturated carbocycles. The molecule has 1 aromatic carbocycles. The van der Waals surface area contributed by atoms with Crippen molar-refractivity contribution >= 4 is 17.3 Å². The van der Waals surface area contributed by atoms with E-state index < -0.39 is 23.4 Å². The van der Waals surface area contributed by atoms with Crippen LogP contribution in [0.25, 0.3) is 0 Å². The number of aliphatic hydroxyl groups is 1. The van der Waals surface area contributed by atoms with Crippen LogP contribution in [0.15, 0.2) is 18.2 Å². The summed E-state index contributed by atoms with van der Waals surface area (Å²) in [4.78, 5) is 0. The van der Waals surface area contributed by atoms with Crippen molar-refractivity contribution in [3.8, 4) is 0 Å². The van der Waals surface area contributed by atoms with Crippen LogP contribution >= 0.6 is 11.6 Å². The molecule has 1 aromatic rings. The van der Waals surface area contributed by atoms with Gasteiger partial charge in [-0.3, -0.25) is 0 Å². The molecule has 0 saturated heterocycles. The Morgan fingerprint density at radius 1 is 1.28 bits per heavy atom. The molecular formula is C12H15ClF3NO. The molecule has 0 aliphatic carbocycles. The maximum atomic E-state index is 12.6. The number of benzene rings is 1. The zero-order valence-electron chi connectivity index (χ0n) is 10.3. The SMILES string of the molecule is CC(Nc1cc(C(F)(F)F)ccc1Cl)C(C)(C)O. The molecule has 18 heavy (non-hydrogen) atoms. The monoisotopic (exact) mass is 281 g/mol. The molecule has 0 bridgehead atoms. The molecule has 0 fully saturated rings. The van der Waals surface area contributed by atoms with Gasteiger partial charge in [-0.2, -0.15) is 13.2 Å². The lowest BCUT2D eigenvalue weighted by molar-refractivity contribution is -0.137. The fourth-order valence-corrected chi connectivity index (χ4v) is 1.39. The first-order valence-electron chi connectivity index (χ1n) is 5.37. The van der Waals surface area contributed by atoms with Crippen molar-refractivity contribution in [2.24, 2.45) is 0 Å². The van der Waals surface area contributed by atoms with E-state index in [9.17, 15) is 18.3 Å². The lowest BCUT2D eigenvalue weighted by Crippen LogP contribution is -2.39. The van der Waals surface area contributed by atoms with Crippen LogP contribution < -0.4 is 5.32 Å². The second kappa shape index (κ2) is 4.97. The van der Waals surface area contributed by atoms with Gasteiger partial charge < -0.3 is 10.4 Å². The molecule has 1 rings (SSSR count). The van der Waals surface area contributed by atoms with Crippen LogP contribution in [0.2, 0.25) is 5.02 Å². The Labute approximate surface area is 109 Å². The molecule has 2 N–H and O–H groups in total. The van der Waals surface area contributed by atoms with E-state index in [1.54, 1.807) is 20.8 Å². The molecule has 0 aliphatic heterocycles. The van der Waals surface area contributed by atoms with Gasteiger partial charge >= 0.3 is 6.18 Å². The molecule has 0 aliphatic rings. The van der Waals surface area contributed by atoms with Crippen molar-refractivity contribution in [1.82, 2.24) is 0 Å². The fourth-order valence-electron chi connectivity index (χ4n) is 1.22. The van der Waals surface area contributed by atoms with Gasteiger partial charge in [0.1, 0.15) is 0 Å². The summed E-state index contributed by atoms with van der Waals surface area (Å²) < 4.78 is 37.7. The van der Waals surface area contributed by atoms with E-state index in [-0.39, 0.29) is 10.7 Å². The lowest BCUT2D eigenvalue weighted by atomic mass is 10.0. The minimum absolute atomic E-state index is 0.154. The summed E-state index contributed by atoms with van der Waals surface area (Å²) >= 11 is 5.83. The van der Waals surface area contributed by atoms with Crippen LogP contribution in [0.1, 0.15) is 26.3 Å². The van der Waals surface area contributed by atoms with E-state index >= 15 is 0 Å². The van der Waals surface area contributed by atoms with Crippen molar-refractivity contribution in [3.05, 3.63) is 28.8 Å². The van der Waals surface area contributed by atoms with Gasteiger partial charge in [0.25, 0.3) is 0 Å². The van der Waals surface area contributed by atoms with Gasteiger partial charge in [0.2, 0.25) is 0 Å². The molecule has 1 atom stereocenters. The molecule has 0 radical (unpaired) electrons. The Hall–Kier alpha value is -0.940. The summed E-state index contributed by atoms with van der Waals surface area (Å²) in [6.07, 6.45) is -4.42. The number of hydrogen-bond donors (Lipinski definition) is 2. The second-order valence-corrected chi connectivity index (χ2v) is 5.12. The number of rotatable bonds is 3. The van der Waals surface area contributed by atoms with Gasteiger partial charge in [-0.25, -0.2) is 0 Å². The van der Waals surface area contributed by atoms with Crippen LogP contribution in [0.4, 0.5) is 18.9 Å². The Bertz CT molecular complexity index is 426. The second-order valence-electron chi connectivity index (χ2n) is 4.71. The molecule has 2 nitrogen and oxygen atoms in total. The number of nitrogens with one attached hydrogen (secondary N) is 1. The standard InChI is InChI=1S/C12H15ClF3NO/c1-7(11(2,3)18)17-10-6-8(12(14,15)16)4-5-9(10)13/h4-7,17-18H,1-3H3. The van der Waals surface area contributed by atoms with E-state index in [4.69, 9.17) is 11.6 Å². The maximum Gasteiger partial charge on any atom is 0.416 e. The molecule has 0 heterocycles. The first kappa shape index (κ1) is 15.1. The van der Waals surface area contributed by atoms with E-state index in [0.717, 1.165) is 12.1 Å². The third kappa shape index (κ3) is 3.78. The first-order valence-corrected chi connectivity index (χ1v) is 5.75. The van der Waals surface area contributed by atoms with Gasteiger partial charge in [-0.05, 0) is 39.0 Å². The van der Waals surface area contributed by atoms with Gasteiger partial charge in [-0.1, -0.05) is 11.6 Å². The Balaban J connectivity index is 3.03. The molecular weight excluding hydrogens is 267 g/mol. The van der Waals surface area contributed by atoms with Crippen LogP contribution in [-0.4, -0.2) is 16.7 Å². The average molecular weight is 282 g/mol. The number of hydrogen-bond acceptors (Lipinski definition) is 2. The minimum atomic E-state index is -4.42. The van der Waals surface area contributed by atoms with Gasteiger partial charge in [0, 0.05) is 0 Å². The summed E-state index contributed by atoms with van der Waals surface area (Å²) in [7, 11) is 0. The van der Waals surface area contributed by atoms with Crippen molar-refractivity contribution in [2.45, 2.75) is 38.6 Å². The highest BCUT2D eigenvalue weighted by Crippen LogP contribution is 2.34. The molecule has 102 valence electrons. The fraction of sp³-hybridized carbons (Fsp3) is 0.500. The smallest absolute Gasteiger partial charge is 0.388 e. The van der Waals surface area contributed by atoms with E-state index in [0.29, 0.717) is 0 Å². The van der Waals surface area contributed by atoms with Gasteiger partial charge in [0.15, 0.2) is 0 Å². The topological polar surface area (TPSA) is 32.3 Å². The third-order valence-electron chi connectivity index (χ3n) is 2.73.